The van der Waals surface area contributed by atoms with E-state index in [0.717, 1.165) is 42.3 Å². The Hall–Kier alpha value is -1.62. The van der Waals surface area contributed by atoms with Crippen molar-refractivity contribution in [2.24, 2.45) is 0 Å². The van der Waals surface area contributed by atoms with Crippen LogP contribution in [0.25, 0.3) is 10.9 Å². The van der Waals surface area contributed by atoms with E-state index in [4.69, 9.17) is 0 Å². The number of hydrogen-bond acceptors (Lipinski definition) is 3. The zero-order valence-corrected chi connectivity index (χ0v) is 11.5. The number of alkyl halides is 1. The highest BCUT2D eigenvalue weighted by molar-refractivity contribution is 5.81. The van der Waals surface area contributed by atoms with Crippen LogP contribution < -0.4 is 10.6 Å². The van der Waals surface area contributed by atoms with E-state index >= 15 is 0 Å². The molecule has 1 saturated carbocycles. The van der Waals surface area contributed by atoms with Gasteiger partial charge in [-0.15, -0.1) is 0 Å². The third-order valence-electron chi connectivity index (χ3n) is 4.07. The molecule has 0 saturated heterocycles. The first-order valence-electron chi connectivity index (χ1n) is 7.34. The lowest BCUT2D eigenvalue weighted by Crippen LogP contribution is -2.37. The lowest BCUT2D eigenvalue weighted by Gasteiger charge is -2.30. The lowest BCUT2D eigenvalue weighted by atomic mass is 9.91. The fraction of sp³-hybridized carbons (Fsp3) is 0.533. The predicted octanol–water partition coefficient (Wildman–Crippen LogP) is 2.85. The summed E-state index contributed by atoms with van der Waals surface area (Å²) in [6.07, 6.45) is 6.34. The molecular weight excluding hydrogens is 255 g/mol. The molecule has 0 radical (unpaired) electrons. The normalized spacial score (nSPS) is 23.1. The summed E-state index contributed by atoms with van der Waals surface area (Å²) in [6, 6.07) is 7.28. The second-order valence-electron chi connectivity index (χ2n) is 5.51. The Labute approximate surface area is 118 Å². The molecular formula is C15H21FN4. The number of rotatable bonds is 5. The summed E-state index contributed by atoms with van der Waals surface area (Å²) >= 11 is 0. The van der Waals surface area contributed by atoms with Gasteiger partial charge in [0.2, 0.25) is 0 Å². The third-order valence-corrected chi connectivity index (χ3v) is 4.07. The van der Waals surface area contributed by atoms with E-state index in [1.54, 1.807) is 0 Å². The first-order valence-corrected chi connectivity index (χ1v) is 7.34. The highest BCUT2D eigenvalue weighted by atomic mass is 19.1. The highest BCUT2D eigenvalue weighted by Crippen LogP contribution is 2.24. The van der Waals surface area contributed by atoms with Crippen molar-refractivity contribution in [3.63, 3.8) is 0 Å². The van der Waals surface area contributed by atoms with Gasteiger partial charge in [0.1, 0.15) is 6.67 Å². The second-order valence-corrected chi connectivity index (χ2v) is 5.51. The van der Waals surface area contributed by atoms with Crippen molar-refractivity contribution < 1.29 is 4.39 Å². The van der Waals surface area contributed by atoms with E-state index in [-0.39, 0.29) is 6.67 Å². The molecule has 0 atom stereocenters. The number of H-pyrrole nitrogens is 1. The Morgan fingerprint density at radius 2 is 2.00 bits per heavy atom. The van der Waals surface area contributed by atoms with Gasteiger partial charge >= 0.3 is 0 Å². The molecule has 3 rings (SSSR count). The Bertz CT molecular complexity index is 546. The van der Waals surface area contributed by atoms with E-state index in [1.165, 1.54) is 0 Å². The number of nitrogens with zero attached hydrogens (tertiary/aromatic N) is 1. The van der Waals surface area contributed by atoms with Crippen LogP contribution in [0.15, 0.2) is 24.4 Å². The van der Waals surface area contributed by atoms with Crippen LogP contribution in [-0.4, -0.2) is 35.5 Å². The maximum Gasteiger partial charge on any atom is 0.102 e. The number of aromatic nitrogens is 2. The maximum atomic E-state index is 12.1. The van der Waals surface area contributed by atoms with Crippen LogP contribution in [0.1, 0.15) is 25.7 Å². The molecule has 5 heteroatoms. The molecule has 1 aromatic carbocycles. The summed E-state index contributed by atoms with van der Waals surface area (Å²) in [5.41, 5.74) is 2.22. The zero-order valence-electron chi connectivity index (χ0n) is 11.5. The fourth-order valence-electron chi connectivity index (χ4n) is 2.97. The summed E-state index contributed by atoms with van der Waals surface area (Å²) in [5.74, 6) is 0. The van der Waals surface area contributed by atoms with Crippen molar-refractivity contribution in [3.05, 3.63) is 24.4 Å². The molecule has 1 fully saturated rings. The SMILES string of the molecule is FCCN[C@H]1CC[C@H](Nc2ccc3[nH]ncc3c2)CC1. The number of nitrogens with one attached hydrogen (secondary N) is 3. The molecule has 0 unspecified atom stereocenters. The topological polar surface area (TPSA) is 52.7 Å². The number of anilines is 1. The van der Waals surface area contributed by atoms with Gasteiger partial charge in [0.25, 0.3) is 0 Å². The first-order chi connectivity index (χ1) is 9.85. The molecule has 0 spiro atoms. The minimum absolute atomic E-state index is 0.275. The van der Waals surface area contributed by atoms with Crippen LogP contribution in [0.4, 0.5) is 10.1 Å². The largest absolute Gasteiger partial charge is 0.382 e. The minimum Gasteiger partial charge on any atom is -0.382 e. The number of halogens is 1. The van der Waals surface area contributed by atoms with Gasteiger partial charge < -0.3 is 10.6 Å². The Balaban J connectivity index is 1.53. The number of fused-ring (bicyclic) bond motifs is 1. The van der Waals surface area contributed by atoms with Crippen LogP contribution >= 0.6 is 0 Å². The van der Waals surface area contributed by atoms with Crippen molar-refractivity contribution in [1.29, 1.82) is 0 Å². The predicted molar refractivity (Wildman–Crippen MR) is 79.7 cm³/mol. The van der Waals surface area contributed by atoms with Gasteiger partial charge in [-0.05, 0) is 43.9 Å². The van der Waals surface area contributed by atoms with Crippen LogP contribution in [0.2, 0.25) is 0 Å². The smallest absolute Gasteiger partial charge is 0.102 e. The molecule has 108 valence electrons. The highest BCUT2D eigenvalue weighted by Gasteiger charge is 2.20. The van der Waals surface area contributed by atoms with E-state index in [0.29, 0.717) is 18.6 Å². The molecule has 0 bridgehead atoms. The van der Waals surface area contributed by atoms with Crippen LogP contribution in [0, 0.1) is 0 Å². The Morgan fingerprint density at radius 3 is 2.80 bits per heavy atom. The van der Waals surface area contributed by atoms with Gasteiger partial charge in [-0.3, -0.25) is 5.10 Å². The summed E-state index contributed by atoms with van der Waals surface area (Å²) in [6.45, 7) is 0.211. The van der Waals surface area contributed by atoms with Gasteiger partial charge in [-0.2, -0.15) is 5.10 Å². The second kappa shape index (κ2) is 6.22. The lowest BCUT2D eigenvalue weighted by molar-refractivity contribution is 0.339. The molecule has 3 N–H and O–H groups in total. The fourth-order valence-corrected chi connectivity index (χ4v) is 2.97. The van der Waals surface area contributed by atoms with Crippen molar-refractivity contribution in [2.75, 3.05) is 18.5 Å². The Morgan fingerprint density at radius 1 is 1.20 bits per heavy atom. The molecule has 1 aliphatic carbocycles. The molecule has 4 nitrogen and oxygen atoms in total. The molecule has 20 heavy (non-hydrogen) atoms. The Kier molecular flexibility index (Phi) is 4.16. The standard InChI is InChI=1S/C15H21FN4/c16-7-8-17-12-1-3-13(4-2-12)19-14-5-6-15-11(9-14)10-18-20-15/h5-6,9-10,12-13,17,19H,1-4,7-8H2,(H,18,20)/t12-,13-. The van der Waals surface area contributed by atoms with Crippen LogP contribution in [0.5, 0.6) is 0 Å². The summed E-state index contributed by atoms with van der Waals surface area (Å²) in [5, 5.41) is 15.0. The average molecular weight is 276 g/mol. The van der Waals surface area contributed by atoms with Gasteiger partial charge in [0.05, 0.1) is 11.7 Å². The van der Waals surface area contributed by atoms with E-state index in [2.05, 4.69) is 39.0 Å². The van der Waals surface area contributed by atoms with Crippen LogP contribution in [0.3, 0.4) is 0 Å². The van der Waals surface area contributed by atoms with Crippen molar-refractivity contribution in [3.8, 4) is 0 Å². The number of aromatic amines is 1. The minimum atomic E-state index is -0.275. The number of benzene rings is 1. The van der Waals surface area contributed by atoms with E-state index < -0.39 is 0 Å². The summed E-state index contributed by atoms with van der Waals surface area (Å²) in [7, 11) is 0. The van der Waals surface area contributed by atoms with Crippen molar-refractivity contribution in [1.82, 2.24) is 15.5 Å². The molecule has 1 aromatic heterocycles. The van der Waals surface area contributed by atoms with E-state index in [1.807, 2.05) is 6.20 Å². The maximum absolute atomic E-state index is 12.1. The first kappa shape index (κ1) is 13.4. The van der Waals surface area contributed by atoms with Crippen molar-refractivity contribution >= 4 is 16.6 Å². The average Bonchev–Trinajstić information content (AvgIpc) is 2.94. The monoisotopic (exact) mass is 276 g/mol. The van der Waals surface area contributed by atoms with Gasteiger partial charge in [0, 0.05) is 29.7 Å². The van der Waals surface area contributed by atoms with Crippen molar-refractivity contribution in [2.45, 2.75) is 37.8 Å². The van der Waals surface area contributed by atoms with Gasteiger partial charge in [0.15, 0.2) is 0 Å². The zero-order chi connectivity index (χ0) is 13.8. The van der Waals surface area contributed by atoms with Gasteiger partial charge in [-0.1, -0.05) is 0 Å². The van der Waals surface area contributed by atoms with Crippen LogP contribution in [-0.2, 0) is 0 Å². The quantitative estimate of drug-likeness (QED) is 0.787. The van der Waals surface area contributed by atoms with Gasteiger partial charge in [-0.25, -0.2) is 4.39 Å². The molecule has 1 aliphatic rings. The molecule has 0 aliphatic heterocycles. The molecule has 0 amide bonds. The van der Waals surface area contributed by atoms with E-state index in [9.17, 15) is 4.39 Å². The molecule has 1 heterocycles. The third kappa shape index (κ3) is 3.10. The molecule has 2 aromatic rings. The summed E-state index contributed by atoms with van der Waals surface area (Å²) < 4.78 is 12.1. The summed E-state index contributed by atoms with van der Waals surface area (Å²) in [4.78, 5) is 0. The number of hydrogen-bond donors (Lipinski definition) is 3.